The highest BCUT2D eigenvalue weighted by molar-refractivity contribution is 5.55. The van der Waals surface area contributed by atoms with Crippen molar-refractivity contribution in [2.24, 2.45) is 0 Å². The van der Waals surface area contributed by atoms with E-state index in [-0.39, 0.29) is 0 Å². The molecule has 2 nitrogen and oxygen atoms in total. The first-order valence-electron chi connectivity index (χ1n) is 6.65. The zero-order valence-corrected chi connectivity index (χ0v) is 12.2. The molecule has 0 saturated carbocycles. The molecule has 2 rings (SSSR count). The van der Waals surface area contributed by atoms with Crippen LogP contribution in [0.3, 0.4) is 0 Å². The number of rotatable bonds is 4. The average Bonchev–Trinajstić information content (AvgIpc) is 2.39. The number of hydrogen-bond acceptors (Lipinski definition) is 2. The summed E-state index contributed by atoms with van der Waals surface area (Å²) in [6, 6.07) is 15.2. The Hall–Kier alpha value is -1.96. The molecule has 0 bridgehead atoms. The highest BCUT2D eigenvalue weighted by atomic mass is 15.1. The van der Waals surface area contributed by atoms with Crippen molar-refractivity contribution in [3.8, 4) is 0 Å². The fourth-order valence-electron chi connectivity index (χ4n) is 2.24. The Morgan fingerprint density at radius 3 is 2.21 bits per heavy atom. The summed E-state index contributed by atoms with van der Waals surface area (Å²) >= 11 is 0. The Labute approximate surface area is 116 Å². The quantitative estimate of drug-likeness (QED) is 0.887. The number of hydrogen-bond donors (Lipinski definition) is 1. The zero-order valence-electron chi connectivity index (χ0n) is 12.2. The second-order valence-electron chi connectivity index (χ2n) is 5.10. The fraction of sp³-hybridized carbons (Fsp3) is 0.294. The largest absolute Gasteiger partial charge is 0.388 e. The second kappa shape index (κ2) is 5.79. The van der Waals surface area contributed by atoms with E-state index >= 15 is 0 Å². The Morgan fingerprint density at radius 2 is 1.58 bits per heavy atom. The SMILES string of the molecule is CNc1ccc(C)cc1CN(C)c1ccc(C)cc1. The lowest BCUT2D eigenvalue weighted by Gasteiger charge is -2.21. The van der Waals surface area contributed by atoms with E-state index in [2.05, 4.69) is 73.6 Å². The molecule has 0 spiro atoms. The first-order chi connectivity index (χ1) is 9.10. The lowest BCUT2D eigenvalue weighted by molar-refractivity contribution is 0.922. The van der Waals surface area contributed by atoms with Gasteiger partial charge < -0.3 is 10.2 Å². The molecular formula is C17H22N2. The van der Waals surface area contributed by atoms with Crippen LogP contribution in [0, 0.1) is 13.8 Å². The lowest BCUT2D eigenvalue weighted by Crippen LogP contribution is -2.17. The van der Waals surface area contributed by atoms with Gasteiger partial charge in [-0.2, -0.15) is 0 Å². The van der Waals surface area contributed by atoms with Gasteiger partial charge in [-0.25, -0.2) is 0 Å². The summed E-state index contributed by atoms with van der Waals surface area (Å²) in [7, 11) is 4.10. The second-order valence-corrected chi connectivity index (χ2v) is 5.10. The molecule has 0 atom stereocenters. The summed E-state index contributed by atoms with van der Waals surface area (Å²) < 4.78 is 0. The summed E-state index contributed by atoms with van der Waals surface area (Å²) in [6.07, 6.45) is 0. The average molecular weight is 254 g/mol. The van der Waals surface area contributed by atoms with Gasteiger partial charge >= 0.3 is 0 Å². The molecular weight excluding hydrogens is 232 g/mol. The third kappa shape index (κ3) is 3.28. The van der Waals surface area contributed by atoms with Gasteiger partial charge in [0.25, 0.3) is 0 Å². The summed E-state index contributed by atoms with van der Waals surface area (Å²) in [4.78, 5) is 2.27. The number of aryl methyl sites for hydroxylation is 2. The molecule has 0 heterocycles. The van der Waals surface area contributed by atoms with Crippen LogP contribution in [0.15, 0.2) is 42.5 Å². The Balaban J connectivity index is 2.20. The van der Waals surface area contributed by atoms with E-state index in [1.807, 2.05) is 7.05 Å². The van der Waals surface area contributed by atoms with Crippen LogP contribution in [-0.4, -0.2) is 14.1 Å². The number of benzene rings is 2. The van der Waals surface area contributed by atoms with Crippen molar-refractivity contribution in [3.63, 3.8) is 0 Å². The Kier molecular flexibility index (Phi) is 4.10. The molecule has 0 aliphatic heterocycles. The third-order valence-electron chi connectivity index (χ3n) is 3.41. The van der Waals surface area contributed by atoms with Crippen molar-refractivity contribution >= 4 is 11.4 Å². The molecule has 19 heavy (non-hydrogen) atoms. The predicted octanol–water partition coefficient (Wildman–Crippen LogP) is 3.98. The molecule has 2 aromatic carbocycles. The topological polar surface area (TPSA) is 15.3 Å². The maximum absolute atomic E-state index is 3.26. The van der Waals surface area contributed by atoms with Crippen molar-refractivity contribution in [2.75, 3.05) is 24.3 Å². The zero-order chi connectivity index (χ0) is 13.8. The standard InChI is InChI=1S/C17H22N2/c1-13-5-8-16(9-6-13)19(4)12-15-11-14(2)7-10-17(15)18-3/h5-11,18H,12H2,1-4H3. The van der Waals surface area contributed by atoms with Gasteiger partial charge in [-0.1, -0.05) is 35.4 Å². The van der Waals surface area contributed by atoms with Crippen LogP contribution in [0.2, 0.25) is 0 Å². The van der Waals surface area contributed by atoms with E-state index in [0.29, 0.717) is 0 Å². The van der Waals surface area contributed by atoms with Crippen LogP contribution in [-0.2, 0) is 6.54 Å². The van der Waals surface area contributed by atoms with Crippen LogP contribution in [0.25, 0.3) is 0 Å². The molecule has 0 aromatic heterocycles. The molecule has 100 valence electrons. The normalized spacial score (nSPS) is 10.3. The molecule has 0 radical (unpaired) electrons. The first kappa shape index (κ1) is 13.5. The van der Waals surface area contributed by atoms with E-state index in [4.69, 9.17) is 0 Å². The van der Waals surface area contributed by atoms with Crippen molar-refractivity contribution < 1.29 is 0 Å². The molecule has 2 heteroatoms. The van der Waals surface area contributed by atoms with E-state index in [9.17, 15) is 0 Å². The van der Waals surface area contributed by atoms with E-state index < -0.39 is 0 Å². The minimum absolute atomic E-state index is 0.904. The molecule has 0 amide bonds. The van der Waals surface area contributed by atoms with Crippen molar-refractivity contribution in [1.29, 1.82) is 0 Å². The number of nitrogens with one attached hydrogen (secondary N) is 1. The van der Waals surface area contributed by atoms with Gasteiger partial charge in [0.2, 0.25) is 0 Å². The van der Waals surface area contributed by atoms with E-state index in [0.717, 1.165) is 6.54 Å². The minimum Gasteiger partial charge on any atom is -0.388 e. The van der Waals surface area contributed by atoms with E-state index in [1.54, 1.807) is 0 Å². The van der Waals surface area contributed by atoms with Gasteiger partial charge in [0.1, 0.15) is 0 Å². The fourth-order valence-corrected chi connectivity index (χ4v) is 2.24. The molecule has 1 N–H and O–H groups in total. The van der Waals surface area contributed by atoms with Crippen molar-refractivity contribution in [3.05, 3.63) is 59.2 Å². The van der Waals surface area contributed by atoms with Crippen molar-refractivity contribution in [2.45, 2.75) is 20.4 Å². The van der Waals surface area contributed by atoms with Crippen LogP contribution < -0.4 is 10.2 Å². The summed E-state index contributed by atoms with van der Waals surface area (Å²) in [5.74, 6) is 0. The maximum atomic E-state index is 3.26. The molecule has 0 aliphatic rings. The summed E-state index contributed by atoms with van der Waals surface area (Å²) in [5, 5.41) is 3.26. The van der Waals surface area contributed by atoms with Gasteiger partial charge in [-0.05, 0) is 37.6 Å². The van der Waals surface area contributed by atoms with Crippen LogP contribution in [0.5, 0.6) is 0 Å². The summed E-state index contributed by atoms with van der Waals surface area (Å²) in [6.45, 7) is 5.15. The maximum Gasteiger partial charge on any atom is 0.0446 e. The van der Waals surface area contributed by atoms with Crippen LogP contribution in [0.4, 0.5) is 11.4 Å². The van der Waals surface area contributed by atoms with Crippen LogP contribution >= 0.6 is 0 Å². The number of anilines is 2. The van der Waals surface area contributed by atoms with Gasteiger partial charge in [0.15, 0.2) is 0 Å². The van der Waals surface area contributed by atoms with Crippen molar-refractivity contribution in [1.82, 2.24) is 0 Å². The highest BCUT2D eigenvalue weighted by Crippen LogP contribution is 2.22. The molecule has 0 aliphatic carbocycles. The third-order valence-corrected chi connectivity index (χ3v) is 3.41. The van der Waals surface area contributed by atoms with Gasteiger partial charge in [-0.15, -0.1) is 0 Å². The summed E-state index contributed by atoms with van der Waals surface area (Å²) in [5.41, 5.74) is 6.36. The molecule has 0 fully saturated rings. The molecule has 2 aromatic rings. The van der Waals surface area contributed by atoms with Gasteiger partial charge in [0, 0.05) is 32.0 Å². The predicted molar refractivity (Wildman–Crippen MR) is 84.0 cm³/mol. The van der Waals surface area contributed by atoms with Crippen LogP contribution in [0.1, 0.15) is 16.7 Å². The minimum atomic E-state index is 0.904. The smallest absolute Gasteiger partial charge is 0.0446 e. The highest BCUT2D eigenvalue weighted by Gasteiger charge is 2.06. The molecule has 0 unspecified atom stereocenters. The number of nitrogens with zero attached hydrogens (tertiary/aromatic N) is 1. The van der Waals surface area contributed by atoms with E-state index in [1.165, 1.54) is 28.1 Å². The first-order valence-corrected chi connectivity index (χ1v) is 6.65. The molecule has 0 saturated heterocycles. The van der Waals surface area contributed by atoms with Gasteiger partial charge in [0.05, 0.1) is 0 Å². The lowest BCUT2D eigenvalue weighted by atomic mass is 10.1. The monoisotopic (exact) mass is 254 g/mol. The Bertz CT molecular complexity index is 544. The van der Waals surface area contributed by atoms with Gasteiger partial charge in [-0.3, -0.25) is 0 Å². The Morgan fingerprint density at radius 1 is 0.947 bits per heavy atom.